The second-order valence-corrected chi connectivity index (χ2v) is 5.17. The summed E-state index contributed by atoms with van der Waals surface area (Å²) in [5.41, 5.74) is 0.450. The van der Waals surface area contributed by atoms with Crippen molar-refractivity contribution in [3.63, 3.8) is 0 Å². The molecule has 2 aromatic rings. The average Bonchev–Trinajstić information content (AvgIpc) is 2.37. The van der Waals surface area contributed by atoms with Crippen molar-refractivity contribution in [2.75, 3.05) is 5.32 Å². The normalized spacial score (nSPS) is 12.3. The van der Waals surface area contributed by atoms with Crippen molar-refractivity contribution in [1.82, 2.24) is 4.98 Å². The Hall–Kier alpha value is -0.920. The first-order valence-corrected chi connectivity index (χ1v) is 6.76. The molecule has 1 heterocycles. The Kier molecular flexibility index (Phi) is 5.96. The van der Waals surface area contributed by atoms with Gasteiger partial charge in [-0.1, -0.05) is 36.4 Å². The molecule has 0 aliphatic rings. The van der Waals surface area contributed by atoms with E-state index in [2.05, 4.69) is 10.3 Å². The first kappa shape index (κ1) is 16.1. The van der Waals surface area contributed by atoms with E-state index in [1.807, 2.05) is 0 Å². The Bertz CT molecular complexity index is 605. The number of anilines is 1. The molecule has 0 bridgehead atoms. The Balaban J connectivity index is 0.00000180. The second-order valence-electron chi connectivity index (χ2n) is 3.67. The fourth-order valence-electron chi connectivity index (χ4n) is 1.54. The van der Waals surface area contributed by atoms with Crippen LogP contribution in [0.1, 0.15) is 10.9 Å². The van der Waals surface area contributed by atoms with Crippen molar-refractivity contribution in [2.24, 2.45) is 0 Å². The van der Waals surface area contributed by atoms with Gasteiger partial charge in [-0.3, -0.25) is 4.55 Å². The third kappa shape index (κ3) is 4.59. The molecule has 0 amide bonds. The van der Waals surface area contributed by atoms with Crippen LogP contribution in [0.2, 0.25) is 0 Å². The van der Waals surface area contributed by atoms with E-state index >= 15 is 0 Å². The maximum atomic E-state index is 11.4. The zero-order valence-electron chi connectivity index (χ0n) is 10.4. The molecule has 0 aliphatic carbocycles. The first-order chi connectivity index (χ1) is 8.57. The van der Waals surface area contributed by atoms with Gasteiger partial charge >= 0.3 is 29.6 Å². The molecular weight excluding hydrogens is 275 g/mol. The van der Waals surface area contributed by atoms with Crippen molar-refractivity contribution in [3.05, 3.63) is 60.3 Å². The molecule has 1 unspecified atom stereocenters. The van der Waals surface area contributed by atoms with Gasteiger partial charge in [-0.15, -0.1) is 0 Å². The topological polar surface area (TPSA) is 79.3 Å². The van der Waals surface area contributed by atoms with Crippen LogP contribution in [0, 0.1) is 0 Å². The second kappa shape index (κ2) is 7.02. The molecule has 19 heavy (non-hydrogen) atoms. The monoisotopic (exact) mass is 287 g/mol. The molecule has 0 spiro atoms. The summed E-state index contributed by atoms with van der Waals surface area (Å²) in [6.45, 7) is 0. The number of nitrogens with one attached hydrogen (secondary N) is 1. The quantitative estimate of drug-likeness (QED) is 0.562. The third-order valence-electron chi connectivity index (χ3n) is 2.34. The summed E-state index contributed by atoms with van der Waals surface area (Å²) in [5, 5.41) is 1.46. The van der Waals surface area contributed by atoms with Crippen LogP contribution in [0.4, 0.5) is 5.82 Å². The van der Waals surface area contributed by atoms with Gasteiger partial charge in [0.1, 0.15) is 5.82 Å². The summed E-state index contributed by atoms with van der Waals surface area (Å²) in [4.78, 5) is 3.97. The zero-order valence-corrected chi connectivity index (χ0v) is 13.2. The molecule has 1 aromatic carbocycles. The van der Waals surface area contributed by atoms with Crippen molar-refractivity contribution in [1.29, 1.82) is 0 Å². The van der Waals surface area contributed by atoms with E-state index in [1.165, 1.54) is 6.20 Å². The van der Waals surface area contributed by atoms with Crippen LogP contribution >= 0.6 is 0 Å². The Morgan fingerprint density at radius 2 is 1.68 bits per heavy atom. The minimum Gasteiger partial charge on any atom is -0.348 e. The van der Waals surface area contributed by atoms with Gasteiger partial charge in [-0.25, -0.2) is 4.98 Å². The van der Waals surface area contributed by atoms with Crippen molar-refractivity contribution < 1.29 is 42.5 Å². The molecule has 5 nitrogen and oxygen atoms in total. The number of benzene rings is 1. The number of hydrogen-bond acceptors (Lipinski definition) is 4. The number of aromatic nitrogens is 1. The molecule has 1 aromatic heterocycles. The summed E-state index contributed by atoms with van der Waals surface area (Å²) in [5.74, 6) is 0.379. The fraction of sp³-hybridized carbons (Fsp3) is 0.0833. The van der Waals surface area contributed by atoms with Gasteiger partial charge < -0.3 is 5.32 Å². The van der Waals surface area contributed by atoms with Crippen LogP contribution in [0.3, 0.4) is 0 Å². The summed E-state index contributed by atoms with van der Waals surface area (Å²) >= 11 is 0. The summed E-state index contributed by atoms with van der Waals surface area (Å²) in [7, 11) is -4.27. The minimum absolute atomic E-state index is 0. The molecule has 1 atom stereocenters. The molecule has 0 saturated carbocycles. The van der Waals surface area contributed by atoms with Crippen LogP contribution in [0.25, 0.3) is 0 Å². The van der Waals surface area contributed by atoms with Gasteiger partial charge in [-0.05, 0) is 17.7 Å². The maximum absolute atomic E-state index is 11.4. The van der Waals surface area contributed by atoms with Gasteiger partial charge in [0.2, 0.25) is 0 Å². The molecule has 0 radical (unpaired) electrons. The van der Waals surface area contributed by atoms with Crippen LogP contribution < -0.4 is 34.9 Å². The van der Waals surface area contributed by atoms with E-state index in [9.17, 15) is 13.0 Å². The first-order valence-electron chi connectivity index (χ1n) is 5.26. The molecule has 2 N–H and O–H groups in total. The number of hydrogen-bond donors (Lipinski definition) is 2. The number of nitrogens with zero attached hydrogens (tertiary/aromatic N) is 1. The minimum atomic E-state index is -4.27. The van der Waals surface area contributed by atoms with E-state index in [4.69, 9.17) is 0 Å². The molecule has 94 valence electrons. The van der Waals surface area contributed by atoms with E-state index in [-0.39, 0.29) is 29.6 Å². The van der Waals surface area contributed by atoms with Crippen molar-refractivity contribution in [2.45, 2.75) is 5.37 Å². The molecule has 7 heteroatoms. The number of rotatable bonds is 4. The van der Waals surface area contributed by atoms with Gasteiger partial charge in [0.05, 0.1) is 0 Å². The smallest absolute Gasteiger partial charge is 0.348 e. The van der Waals surface area contributed by atoms with Crippen LogP contribution in [-0.4, -0.2) is 18.0 Å². The predicted molar refractivity (Wildman–Crippen MR) is 68.6 cm³/mol. The van der Waals surface area contributed by atoms with E-state index in [0.29, 0.717) is 11.4 Å². The fourth-order valence-corrected chi connectivity index (χ4v) is 2.31. The van der Waals surface area contributed by atoms with E-state index < -0.39 is 15.5 Å². The zero-order chi connectivity index (χ0) is 13.0. The number of pyridine rings is 1. The summed E-state index contributed by atoms with van der Waals surface area (Å²) in [6.07, 6.45) is 1.54. The third-order valence-corrected chi connectivity index (χ3v) is 3.33. The molecule has 0 aliphatic heterocycles. The van der Waals surface area contributed by atoms with Crippen LogP contribution in [0.5, 0.6) is 0 Å². The standard InChI is InChI=1S/C12H12N2O3S.Na/c15-18(16,17)12(10-6-2-1-3-7-10)14-11-8-4-5-9-13-11;/h1-9,12H,(H,13,14)(H,15,16,17);/q;+1. The van der Waals surface area contributed by atoms with Gasteiger partial charge in [0, 0.05) is 6.20 Å². The molecule has 2 rings (SSSR count). The summed E-state index contributed by atoms with van der Waals surface area (Å²) < 4.78 is 32.1. The van der Waals surface area contributed by atoms with Crippen LogP contribution in [0.15, 0.2) is 54.7 Å². The van der Waals surface area contributed by atoms with E-state index in [0.717, 1.165) is 0 Å². The van der Waals surface area contributed by atoms with Gasteiger partial charge in [0.15, 0.2) is 5.37 Å². The largest absolute Gasteiger partial charge is 1.00 e. The van der Waals surface area contributed by atoms with Crippen molar-refractivity contribution in [3.8, 4) is 0 Å². The van der Waals surface area contributed by atoms with E-state index in [1.54, 1.807) is 48.5 Å². The molecule has 0 fully saturated rings. The summed E-state index contributed by atoms with van der Waals surface area (Å²) in [6, 6.07) is 13.5. The molecule has 0 saturated heterocycles. The van der Waals surface area contributed by atoms with Crippen LogP contribution in [-0.2, 0) is 10.1 Å². The Morgan fingerprint density at radius 3 is 2.21 bits per heavy atom. The van der Waals surface area contributed by atoms with Crippen molar-refractivity contribution >= 4 is 15.9 Å². The maximum Gasteiger partial charge on any atom is 1.00 e. The molecular formula is C12H12N2NaO3S+. The Labute approximate surface area is 134 Å². The SMILES string of the molecule is O=S(=O)(O)C(Nc1ccccn1)c1ccccc1.[Na+]. The predicted octanol–water partition coefficient (Wildman–Crippen LogP) is -0.916. The van der Waals surface area contributed by atoms with Gasteiger partial charge in [0.25, 0.3) is 10.1 Å². The van der Waals surface area contributed by atoms with Gasteiger partial charge in [-0.2, -0.15) is 8.42 Å². The Morgan fingerprint density at radius 1 is 1.05 bits per heavy atom. The average molecular weight is 287 g/mol.